The molecule has 2 unspecified atom stereocenters. The number of ether oxygens (including phenoxy) is 1. The van der Waals surface area contributed by atoms with Crippen LogP contribution in [0.3, 0.4) is 0 Å². The summed E-state index contributed by atoms with van der Waals surface area (Å²) in [6, 6.07) is 0.930. The van der Waals surface area contributed by atoms with Crippen LogP contribution >= 0.6 is 0 Å². The van der Waals surface area contributed by atoms with Crippen LogP contribution < -0.4 is 5.32 Å². The maximum atomic E-state index is 9.04. The normalized spacial score (nSPS) is 20.8. The Morgan fingerprint density at radius 1 is 1.44 bits per heavy atom. The highest BCUT2D eigenvalue weighted by molar-refractivity contribution is 4.88. The van der Waals surface area contributed by atoms with Crippen molar-refractivity contribution < 1.29 is 9.84 Å². The highest BCUT2D eigenvalue weighted by Crippen LogP contribution is 2.34. The molecule has 3 heteroatoms. The first-order chi connectivity index (χ1) is 7.48. The predicted molar refractivity (Wildman–Crippen MR) is 66.5 cm³/mol. The third-order valence-electron chi connectivity index (χ3n) is 3.48. The Morgan fingerprint density at radius 2 is 2.06 bits per heavy atom. The molecule has 3 nitrogen and oxygen atoms in total. The van der Waals surface area contributed by atoms with E-state index in [4.69, 9.17) is 9.84 Å². The van der Waals surface area contributed by atoms with Crippen molar-refractivity contribution in [2.24, 2.45) is 5.92 Å². The fourth-order valence-corrected chi connectivity index (χ4v) is 2.34. The van der Waals surface area contributed by atoms with Gasteiger partial charge in [-0.2, -0.15) is 0 Å². The van der Waals surface area contributed by atoms with E-state index in [-0.39, 0.29) is 12.2 Å². The van der Waals surface area contributed by atoms with Crippen molar-refractivity contribution in [3.05, 3.63) is 0 Å². The topological polar surface area (TPSA) is 41.5 Å². The van der Waals surface area contributed by atoms with Gasteiger partial charge in [-0.15, -0.1) is 0 Å². The van der Waals surface area contributed by atoms with Crippen LogP contribution in [0.1, 0.15) is 46.5 Å². The molecule has 0 aromatic carbocycles. The molecule has 16 heavy (non-hydrogen) atoms. The van der Waals surface area contributed by atoms with Crippen LogP contribution in [0.15, 0.2) is 0 Å². The lowest BCUT2D eigenvalue weighted by atomic mass is 9.98. The van der Waals surface area contributed by atoms with Gasteiger partial charge in [0.1, 0.15) is 0 Å². The Morgan fingerprint density at radius 3 is 2.50 bits per heavy atom. The first kappa shape index (κ1) is 13.9. The van der Waals surface area contributed by atoms with Gasteiger partial charge in [-0.05, 0) is 52.4 Å². The Hall–Kier alpha value is -0.120. The third-order valence-corrected chi connectivity index (χ3v) is 3.48. The van der Waals surface area contributed by atoms with Gasteiger partial charge in [0, 0.05) is 25.8 Å². The molecule has 0 spiro atoms. The fourth-order valence-electron chi connectivity index (χ4n) is 2.34. The van der Waals surface area contributed by atoms with Crippen LogP contribution in [-0.2, 0) is 4.74 Å². The molecule has 0 bridgehead atoms. The van der Waals surface area contributed by atoms with Crippen molar-refractivity contribution in [2.45, 2.75) is 64.1 Å². The summed E-state index contributed by atoms with van der Waals surface area (Å²) in [5.74, 6) is 0.792. The molecule has 1 saturated carbocycles. The van der Waals surface area contributed by atoms with Gasteiger partial charge in [0.2, 0.25) is 0 Å². The van der Waals surface area contributed by atoms with Crippen LogP contribution in [-0.4, -0.2) is 36.5 Å². The molecule has 96 valence electrons. The van der Waals surface area contributed by atoms with E-state index in [0.717, 1.165) is 18.8 Å². The number of nitrogens with one attached hydrogen (secondary N) is 1. The summed E-state index contributed by atoms with van der Waals surface area (Å²) in [6.45, 7) is 6.72. The SMILES string of the molecule is COC(C)(C)CC(C)NC(CCO)C1CC1. The van der Waals surface area contributed by atoms with E-state index in [9.17, 15) is 0 Å². The molecule has 1 aliphatic rings. The zero-order chi connectivity index (χ0) is 12.2. The maximum absolute atomic E-state index is 9.04. The Balaban J connectivity index is 2.33. The molecule has 0 saturated heterocycles. The largest absolute Gasteiger partial charge is 0.396 e. The Bertz CT molecular complexity index is 202. The molecule has 0 aliphatic heterocycles. The van der Waals surface area contributed by atoms with Gasteiger partial charge in [-0.25, -0.2) is 0 Å². The first-order valence-electron chi connectivity index (χ1n) is 6.40. The van der Waals surface area contributed by atoms with Gasteiger partial charge >= 0.3 is 0 Å². The fraction of sp³-hybridized carbons (Fsp3) is 1.00. The van der Waals surface area contributed by atoms with E-state index in [1.807, 2.05) is 0 Å². The molecule has 2 atom stereocenters. The van der Waals surface area contributed by atoms with Crippen LogP contribution in [0.4, 0.5) is 0 Å². The quantitative estimate of drug-likeness (QED) is 0.668. The van der Waals surface area contributed by atoms with Crippen molar-refractivity contribution in [3.63, 3.8) is 0 Å². The number of hydrogen-bond donors (Lipinski definition) is 2. The van der Waals surface area contributed by atoms with Gasteiger partial charge in [-0.1, -0.05) is 0 Å². The van der Waals surface area contributed by atoms with E-state index in [2.05, 4.69) is 26.1 Å². The number of aliphatic hydroxyl groups is 1. The van der Waals surface area contributed by atoms with Gasteiger partial charge < -0.3 is 15.2 Å². The molecular weight excluding hydrogens is 202 g/mol. The van der Waals surface area contributed by atoms with Crippen LogP contribution in [0.5, 0.6) is 0 Å². The van der Waals surface area contributed by atoms with Crippen LogP contribution in [0, 0.1) is 5.92 Å². The summed E-state index contributed by atoms with van der Waals surface area (Å²) in [7, 11) is 1.76. The second-order valence-corrected chi connectivity index (χ2v) is 5.69. The van der Waals surface area contributed by atoms with Crippen molar-refractivity contribution >= 4 is 0 Å². The molecule has 0 amide bonds. The smallest absolute Gasteiger partial charge is 0.0637 e. The van der Waals surface area contributed by atoms with E-state index in [1.165, 1.54) is 12.8 Å². The predicted octanol–water partition coefficient (Wildman–Crippen LogP) is 1.94. The molecular formula is C13H27NO2. The minimum absolute atomic E-state index is 0.0697. The third kappa shape index (κ3) is 4.81. The van der Waals surface area contributed by atoms with Crippen molar-refractivity contribution in [2.75, 3.05) is 13.7 Å². The first-order valence-corrected chi connectivity index (χ1v) is 6.40. The summed E-state index contributed by atoms with van der Waals surface area (Å²) in [6.07, 6.45) is 4.51. The zero-order valence-corrected chi connectivity index (χ0v) is 11.1. The van der Waals surface area contributed by atoms with Gasteiger partial charge in [0.25, 0.3) is 0 Å². The number of methoxy groups -OCH3 is 1. The minimum atomic E-state index is -0.0697. The summed E-state index contributed by atoms with van der Waals surface area (Å²) in [5, 5.41) is 12.7. The zero-order valence-electron chi connectivity index (χ0n) is 11.1. The molecule has 0 aromatic heterocycles. The van der Waals surface area contributed by atoms with Crippen molar-refractivity contribution in [1.82, 2.24) is 5.32 Å². The lowest BCUT2D eigenvalue weighted by molar-refractivity contribution is 0.00720. The second kappa shape index (κ2) is 5.99. The minimum Gasteiger partial charge on any atom is -0.396 e. The van der Waals surface area contributed by atoms with Gasteiger partial charge in [0.05, 0.1) is 5.60 Å². The molecule has 0 radical (unpaired) electrons. The van der Waals surface area contributed by atoms with Crippen LogP contribution in [0.25, 0.3) is 0 Å². The number of aliphatic hydroxyl groups excluding tert-OH is 1. The molecule has 1 rings (SSSR count). The summed E-state index contributed by atoms with van der Waals surface area (Å²) in [4.78, 5) is 0. The number of rotatable bonds is 8. The Kier molecular flexibility index (Phi) is 5.22. The van der Waals surface area contributed by atoms with E-state index < -0.39 is 0 Å². The monoisotopic (exact) mass is 229 g/mol. The summed E-state index contributed by atoms with van der Waals surface area (Å²) < 4.78 is 5.44. The van der Waals surface area contributed by atoms with Gasteiger partial charge in [-0.3, -0.25) is 0 Å². The lowest BCUT2D eigenvalue weighted by Crippen LogP contribution is -2.42. The number of hydrogen-bond acceptors (Lipinski definition) is 3. The highest BCUT2D eigenvalue weighted by atomic mass is 16.5. The van der Waals surface area contributed by atoms with Crippen molar-refractivity contribution in [3.8, 4) is 0 Å². The highest BCUT2D eigenvalue weighted by Gasteiger charge is 2.32. The second-order valence-electron chi connectivity index (χ2n) is 5.69. The average molecular weight is 229 g/mol. The summed E-state index contributed by atoms with van der Waals surface area (Å²) in [5.41, 5.74) is -0.0697. The molecule has 1 fully saturated rings. The standard InChI is InChI=1S/C13H27NO2/c1-10(9-13(2,3)16-4)14-12(7-8-15)11-5-6-11/h10-12,14-15H,5-9H2,1-4H3. The lowest BCUT2D eigenvalue weighted by Gasteiger charge is -2.30. The molecule has 0 aromatic rings. The van der Waals surface area contributed by atoms with E-state index in [1.54, 1.807) is 7.11 Å². The van der Waals surface area contributed by atoms with E-state index in [0.29, 0.717) is 12.1 Å². The Labute approximate surface area is 99.6 Å². The van der Waals surface area contributed by atoms with E-state index >= 15 is 0 Å². The van der Waals surface area contributed by atoms with Gasteiger partial charge in [0.15, 0.2) is 0 Å². The molecule has 1 aliphatic carbocycles. The molecule has 2 N–H and O–H groups in total. The average Bonchev–Trinajstić information content (AvgIpc) is 2.99. The molecule has 0 heterocycles. The van der Waals surface area contributed by atoms with Crippen molar-refractivity contribution in [1.29, 1.82) is 0 Å². The maximum Gasteiger partial charge on any atom is 0.0637 e. The summed E-state index contributed by atoms with van der Waals surface area (Å²) >= 11 is 0. The van der Waals surface area contributed by atoms with Crippen LogP contribution in [0.2, 0.25) is 0 Å².